The predicted molar refractivity (Wildman–Crippen MR) is 102 cm³/mol. The average Bonchev–Trinajstić information content (AvgIpc) is 2.69. The fourth-order valence-electron chi connectivity index (χ4n) is 2.46. The Morgan fingerprint density at radius 2 is 1.80 bits per heavy atom. The van der Waals surface area contributed by atoms with Crippen molar-refractivity contribution in [3.63, 3.8) is 0 Å². The first-order valence-electron chi connectivity index (χ1n) is 8.42. The summed E-state index contributed by atoms with van der Waals surface area (Å²) in [5.41, 5.74) is -1.92. The molecule has 0 aliphatic carbocycles. The van der Waals surface area contributed by atoms with Gasteiger partial charge in [-0.1, -0.05) is 23.7 Å². The zero-order chi connectivity index (χ0) is 21.9. The highest BCUT2D eigenvalue weighted by molar-refractivity contribution is 6.34. The zero-order valence-electron chi connectivity index (χ0n) is 15.0. The third kappa shape index (κ3) is 4.98. The number of pyridine rings is 1. The van der Waals surface area contributed by atoms with Crippen molar-refractivity contribution >= 4 is 23.2 Å². The van der Waals surface area contributed by atoms with Gasteiger partial charge >= 0.3 is 6.18 Å². The molecule has 30 heavy (non-hydrogen) atoms. The predicted octanol–water partition coefficient (Wildman–Crippen LogP) is 4.54. The molecule has 3 rings (SSSR count). The summed E-state index contributed by atoms with van der Waals surface area (Å²) in [7, 11) is 0. The van der Waals surface area contributed by atoms with Crippen LogP contribution in [0.25, 0.3) is 0 Å². The van der Waals surface area contributed by atoms with Gasteiger partial charge in [0.2, 0.25) is 0 Å². The minimum Gasteiger partial charge on any atom is -0.406 e. The average molecular weight is 441 g/mol. The number of amides is 1. The van der Waals surface area contributed by atoms with Crippen LogP contribution in [0.5, 0.6) is 0 Å². The van der Waals surface area contributed by atoms with Crippen LogP contribution in [-0.2, 0) is 12.8 Å². The molecule has 0 fully saturated rings. The van der Waals surface area contributed by atoms with E-state index in [1.165, 1.54) is 42.6 Å². The summed E-state index contributed by atoms with van der Waals surface area (Å²) in [5.74, 6) is -1.39. The molecule has 0 aliphatic heterocycles. The highest BCUT2D eigenvalue weighted by atomic mass is 35.5. The number of halogens is 5. The minimum atomic E-state index is -4.63. The molecule has 0 spiro atoms. The standard InChI is InChI=1S/C20H13ClF4N2O3/c21-16-8-5-13(20(23,24)25)10-17(16)26-18(28)15-2-1-9-27(19(15)29)30-11-12-3-6-14(22)7-4-12/h1-10H,11H2,(H,26,28). The van der Waals surface area contributed by atoms with E-state index in [4.69, 9.17) is 16.4 Å². The van der Waals surface area contributed by atoms with Crippen LogP contribution in [0.4, 0.5) is 23.2 Å². The summed E-state index contributed by atoms with van der Waals surface area (Å²) < 4.78 is 52.4. The molecule has 0 aliphatic rings. The Balaban J connectivity index is 1.79. The second-order valence-electron chi connectivity index (χ2n) is 6.10. The lowest BCUT2D eigenvalue weighted by Crippen LogP contribution is -2.32. The third-order valence-corrected chi connectivity index (χ3v) is 4.31. The lowest BCUT2D eigenvalue weighted by atomic mass is 10.2. The summed E-state index contributed by atoms with van der Waals surface area (Å²) in [6, 6.07) is 10.4. The van der Waals surface area contributed by atoms with E-state index in [2.05, 4.69) is 5.32 Å². The number of benzene rings is 2. The summed E-state index contributed by atoms with van der Waals surface area (Å²) in [4.78, 5) is 30.3. The van der Waals surface area contributed by atoms with Gasteiger partial charge in [0.1, 0.15) is 18.0 Å². The van der Waals surface area contributed by atoms with Gasteiger partial charge in [-0.05, 0) is 48.0 Å². The van der Waals surface area contributed by atoms with Crippen LogP contribution in [0.3, 0.4) is 0 Å². The molecular weight excluding hydrogens is 428 g/mol. The molecular formula is C20H13ClF4N2O3. The van der Waals surface area contributed by atoms with Gasteiger partial charge < -0.3 is 10.2 Å². The fourth-order valence-corrected chi connectivity index (χ4v) is 2.63. The van der Waals surface area contributed by atoms with Crippen molar-refractivity contribution in [3.8, 4) is 0 Å². The Kier molecular flexibility index (Phi) is 6.12. The van der Waals surface area contributed by atoms with Crippen molar-refractivity contribution in [3.05, 3.63) is 98.7 Å². The van der Waals surface area contributed by atoms with Crippen molar-refractivity contribution in [2.24, 2.45) is 0 Å². The Bertz CT molecular complexity index is 1130. The van der Waals surface area contributed by atoms with Gasteiger partial charge in [0.15, 0.2) is 0 Å². The molecule has 0 radical (unpaired) electrons. The molecule has 0 saturated heterocycles. The van der Waals surface area contributed by atoms with Crippen molar-refractivity contribution < 1.29 is 27.2 Å². The van der Waals surface area contributed by atoms with Gasteiger partial charge in [-0.2, -0.15) is 17.9 Å². The second kappa shape index (κ2) is 8.58. The minimum absolute atomic E-state index is 0.0787. The van der Waals surface area contributed by atoms with Crippen molar-refractivity contribution in [2.45, 2.75) is 12.8 Å². The van der Waals surface area contributed by atoms with E-state index < -0.39 is 29.0 Å². The molecule has 1 N–H and O–H groups in total. The summed E-state index contributed by atoms with van der Waals surface area (Å²) in [5, 5.41) is 2.08. The Morgan fingerprint density at radius 1 is 1.10 bits per heavy atom. The van der Waals surface area contributed by atoms with Crippen LogP contribution in [0.2, 0.25) is 5.02 Å². The van der Waals surface area contributed by atoms with Gasteiger partial charge in [0.05, 0.1) is 16.3 Å². The van der Waals surface area contributed by atoms with Gasteiger partial charge in [0, 0.05) is 6.20 Å². The lowest BCUT2D eigenvalue weighted by molar-refractivity contribution is -0.137. The highest BCUT2D eigenvalue weighted by Crippen LogP contribution is 2.33. The highest BCUT2D eigenvalue weighted by Gasteiger charge is 2.31. The lowest BCUT2D eigenvalue weighted by Gasteiger charge is -2.12. The van der Waals surface area contributed by atoms with Crippen molar-refractivity contribution in [1.29, 1.82) is 0 Å². The quantitative estimate of drug-likeness (QED) is 0.592. The summed E-state index contributed by atoms with van der Waals surface area (Å²) in [6.45, 7) is -0.0787. The van der Waals surface area contributed by atoms with Gasteiger partial charge in [0.25, 0.3) is 11.5 Å². The number of nitrogens with one attached hydrogen (secondary N) is 1. The first-order chi connectivity index (χ1) is 14.1. The molecule has 0 bridgehead atoms. The summed E-state index contributed by atoms with van der Waals surface area (Å²) >= 11 is 5.86. The molecule has 10 heteroatoms. The topological polar surface area (TPSA) is 60.3 Å². The monoisotopic (exact) mass is 440 g/mol. The first-order valence-corrected chi connectivity index (χ1v) is 8.80. The number of carbonyl (C=O) groups is 1. The number of anilines is 1. The zero-order valence-corrected chi connectivity index (χ0v) is 15.8. The maximum absolute atomic E-state index is 12.9. The van der Waals surface area contributed by atoms with E-state index in [9.17, 15) is 27.2 Å². The van der Waals surface area contributed by atoms with E-state index in [-0.39, 0.29) is 22.9 Å². The molecule has 1 aromatic heterocycles. The van der Waals surface area contributed by atoms with E-state index in [1.807, 2.05) is 0 Å². The normalized spacial score (nSPS) is 11.2. The maximum Gasteiger partial charge on any atom is 0.416 e. The summed E-state index contributed by atoms with van der Waals surface area (Å²) in [6.07, 6.45) is -3.36. The van der Waals surface area contributed by atoms with Gasteiger partial charge in [-0.25, -0.2) is 4.39 Å². The maximum atomic E-state index is 12.9. The Hall–Kier alpha value is -3.33. The number of rotatable bonds is 5. The van der Waals surface area contributed by atoms with Crippen molar-refractivity contribution in [2.75, 3.05) is 5.32 Å². The van der Waals surface area contributed by atoms with Crippen LogP contribution in [0, 0.1) is 5.82 Å². The van der Waals surface area contributed by atoms with Crippen LogP contribution in [0.15, 0.2) is 65.6 Å². The molecule has 1 heterocycles. The number of nitrogens with zero attached hydrogens (tertiary/aromatic N) is 1. The Labute approximate surface area is 172 Å². The SMILES string of the molecule is O=C(Nc1cc(C(F)(F)F)ccc1Cl)c1cccn(OCc2ccc(F)cc2)c1=O. The molecule has 0 atom stereocenters. The molecule has 1 amide bonds. The van der Waals surface area contributed by atoms with Crippen molar-refractivity contribution in [1.82, 2.24) is 4.73 Å². The number of hydrogen-bond donors (Lipinski definition) is 1. The van der Waals surface area contributed by atoms with Crippen LogP contribution >= 0.6 is 11.6 Å². The fraction of sp³-hybridized carbons (Fsp3) is 0.100. The number of alkyl halides is 3. The largest absolute Gasteiger partial charge is 0.416 e. The van der Waals surface area contributed by atoms with E-state index in [1.54, 1.807) is 0 Å². The molecule has 0 unspecified atom stereocenters. The molecule has 3 aromatic rings. The van der Waals surface area contributed by atoms with Gasteiger partial charge in [-0.3, -0.25) is 9.59 Å². The molecule has 2 aromatic carbocycles. The van der Waals surface area contributed by atoms with Crippen LogP contribution in [0.1, 0.15) is 21.5 Å². The number of aromatic nitrogens is 1. The van der Waals surface area contributed by atoms with E-state index >= 15 is 0 Å². The van der Waals surface area contributed by atoms with E-state index in [0.717, 1.165) is 16.9 Å². The second-order valence-corrected chi connectivity index (χ2v) is 6.51. The van der Waals surface area contributed by atoms with Gasteiger partial charge in [-0.15, -0.1) is 0 Å². The Morgan fingerprint density at radius 3 is 2.47 bits per heavy atom. The van der Waals surface area contributed by atoms with E-state index in [0.29, 0.717) is 11.6 Å². The van der Waals surface area contributed by atoms with Crippen LogP contribution < -0.4 is 15.7 Å². The smallest absolute Gasteiger partial charge is 0.406 e. The molecule has 0 saturated carbocycles. The first kappa shape index (κ1) is 21.4. The molecule has 5 nitrogen and oxygen atoms in total. The van der Waals surface area contributed by atoms with Crippen LogP contribution in [-0.4, -0.2) is 10.6 Å². The number of hydrogen-bond acceptors (Lipinski definition) is 3. The number of carbonyl (C=O) groups excluding carboxylic acids is 1. The third-order valence-electron chi connectivity index (χ3n) is 3.98. The molecule has 156 valence electrons.